The van der Waals surface area contributed by atoms with Gasteiger partial charge in [0.05, 0.1) is 23.1 Å². The summed E-state index contributed by atoms with van der Waals surface area (Å²) < 4.78 is 4.89. The molecular weight excluding hydrogens is 348 g/mol. The molecule has 0 heterocycles. The second kappa shape index (κ2) is 8.93. The predicted octanol–water partition coefficient (Wildman–Crippen LogP) is 3.90. The number of nitro groups is 1. The van der Waals surface area contributed by atoms with E-state index in [1.807, 2.05) is 44.2 Å². The van der Waals surface area contributed by atoms with Gasteiger partial charge in [-0.3, -0.25) is 14.9 Å². The first-order valence-electron chi connectivity index (χ1n) is 8.66. The van der Waals surface area contributed by atoms with Gasteiger partial charge in [0.15, 0.2) is 0 Å². The Hall–Kier alpha value is -3.22. The van der Waals surface area contributed by atoms with E-state index in [0.29, 0.717) is 0 Å². The Morgan fingerprint density at radius 3 is 2.30 bits per heavy atom. The molecule has 1 unspecified atom stereocenters. The van der Waals surface area contributed by atoms with Gasteiger partial charge in [-0.15, -0.1) is 0 Å². The van der Waals surface area contributed by atoms with Crippen LogP contribution in [0.4, 0.5) is 5.69 Å². The van der Waals surface area contributed by atoms with Crippen molar-refractivity contribution in [3.05, 3.63) is 75.3 Å². The molecule has 1 N–H and O–H groups in total. The minimum Gasteiger partial charge on any atom is -0.462 e. The summed E-state index contributed by atoms with van der Waals surface area (Å²) in [4.78, 5) is 35.3. The van der Waals surface area contributed by atoms with Gasteiger partial charge in [0, 0.05) is 17.7 Å². The van der Waals surface area contributed by atoms with E-state index in [1.54, 1.807) is 6.92 Å². The van der Waals surface area contributed by atoms with Crippen LogP contribution < -0.4 is 5.32 Å². The second-order valence-electron chi connectivity index (χ2n) is 6.35. The molecular formula is C20H22N2O5. The summed E-state index contributed by atoms with van der Waals surface area (Å²) in [6, 6.07) is 12.7. The Labute approximate surface area is 157 Å². The molecule has 7 heteroatoms. The molecule has 0 fully saturated rings. The van der Waals surface area contributed by atoms with Crippen molar-refractivity contribution in [1.29, 1.82) is 0 Å². The van der Waals surface area contributed by atoms with Crippen LogP contribution >= 0.6 is 0 Å². The molecule has 1 atom stereocenters. The normalized spacial score (nSPS) is 11.7. The zero-order chi connectivity index (χ0) is 20.0. The number of nitro benzene ring substituents is 1. The van der Waals surface area contributed by atoms with E-state index in [1.165, 1.54) is 6.07 Å². The van der Waals surface area contributed by atoms with E-state index in [2.05, 4.69) is 5.32 Å². The van der Waals surface area contributed by atoms with Crippen molar-refractivity contribution >= 4 is 17.6 Å². The summed E-state index contributed by atoms with van der Waals surface area (Å²) in [5, 5.41) is 14.1. The minimum absolute atomic E-state index is 0.0305. The number of non-ortho nitro benzene ring substituents is 1. The summed E-state index contributed by atoms with van der Waals surface area (Å²) in [7, 11) is 0. The Bertz CT molecular complexity index is 834. The van der Waals surface area contributed by atoms with Crippen LogP contribution in [0.5, 0.6) is 0 Å². The number of amides is 1. The van der Waals surface area contributed by atoms with Crippen LogP contribution in [0.15, 0.2) is 48.5 Å². The van der Waals surface area contributed by atoms with Gasteiger partial charge in [0.1, 0.15) is 0 Å². The molecule has 2 aromatic carbocycles. The Balaban J connectivity index is 2.36. The average molecular weight is 370 g/mol. The van der Waals surface area contributed by atoms with Crippen LogP contribution in [-0.2, 0) is 4.74 Å². The van der Waals surface area contributed by atoms with Gasteiger partial charge in [0.25, 0.3) is 11.6 Å². The maximum Gasteiger partial charge on any atom is 0.338 e. The smallest absolute Gasteiger partial charge is 0.338 e. The van der Waals surface area contributed by atoms with Crippen molar-refractivity contribution in [2.24, 2.45) is 5.92 Å². The summed E-state index contributed by atoms with van der Waals surface area (Å²) in [5.74, 6) is -1.11. The van der Waals surface area contributed by atoms with Gasteiger partial charge >= 0.3 is 5.97 Å². The highest BCUT2D eigenvalue weighted by molar-refractivity contribution is 5.99. The maximum absolute atomic E-state index is 12.8. The standard InChI is InChI=1S/C20H22N2O5/c1-4-27-20(24)16-10-15(11-17(12-16)22(25)26)19(23)21-18(13(2)3)14-8-6-5-7-9-14/h5-13,18H,4H2,1-3H3,(H,21,23). The van der Waals surface area contributed by atoms with Gasteiger partial charge < -0.3 is 10.1 Å². The summed E-state index contributed by atoms with van der Waals surface area (Å²) in [5.41, 5.74) is 0.592. The fourth-order valence-electron chi connectivity index (χ4n) is 2.70. The van der Waals surface area contributed by atoms with Crippen molar-refractivity contribution in [2.45, 2.75) is 26.8 Å². The number of esters is 1. The molecule has 2 aromatic rings. The summed E-state index contributed by atoms with van der Waals surface area (Å²) in [6.45, 7) is 5.70. The molecule has 142 valence electrons. The number of hydrogen-bond acceptors (Lipinski definition) is 5. The fourth-order valence-corrected chi connectivity index (χ4v) is 2.70. The Morgan fingerprint density at radius 2 is 1.74 bits per heavy atom. The molecule has 0 aliphatic rings. The monoisotopic (exact) mass is 370 g/mol. The number of ether oxygens (including phenoxy) is 1. The fraction of sp³-hybridized carbons (Fsp3) is 0.300. The predicted molar refractivity (Wildman–Crippen MR) is 101 cm³/mol. The van der Waals surface area contributed by atoms with E-state index in [4.69, 9.17) is 4.74 Å². The summed E-state index contributed by atoms with van der Waals surface area (Å²) in [6.07, 6.45) is 0. The lowest BCUT2D eigenvalue weighted by atomic mass is 9.95. The topological polar surface area (TPSA) is 98.5 Å². The molecule has 0 saturated heterocycles. The maximum atomic E-state index is 12.8. The first kappa shape index (κ1) is 20.1. The molecule has 0 spiro atoms. The third-order valence-electron chi connectivity index (χ3n) is 4.01. The van der Waals surface area contributed by atoms with Gasteiger partial charge in [-0.1, -0.05) is 44.2 Å². The molecule has 0 radical (unpaired) electrons. The lowest BCUT2D eigenvalue weighted by molar-refractivity contribution is -0.384. The highest BCUT2D eigenvalue weighted by atomic mass is 16.6. The Kier molecular flexibility index (Phi) is 6.65. The van der Waals surface area contributed by atoms with Crippen LogP contribution in [-0.4, -0.2) is 23.4 Å². The highest BCUT2D eigenvalue weighted by Crippen LogP contribution is 2.23. The zero-order valence-electron chi connectivity index (χ0n) is 15.5. The number of carbonyl (C=O) groups is 2. The Morgan fingerprint density at radius 1 is 1.11 bits per heavy atom. The van der Waals surface area contributed by atoms with Crippen LogP contribution in [0.2, 0.25) is 0 Å². The van der Waals surface area contributed by atoms with Crippen molar-refractivity contribution in [1.82, 2.24) is 5.32 Å². The van der Waals surface area contributed by atoms with Crippen LogP contribution in [0.3, 0.4) is 0 Å². The largest absolute Gasteiger partial charge is 0.462 e. The number of hydrogen-bond donors (Lipinski definition) is 1. The number of rotatable bonds is 7. The lowest BCUT2D eigenvalue weighted by Gasteiger charge is -2.23. The van der Waals surface area contributed by atoms with Crippen molar-refractivity contribution < 1.29 is 19.2 Å². The number of benzene rings is 2. The van der Waals surface area contributed by atoms with Crippen LogP contribution in [0.1, 0.15) is 53.1 Å². The zero-order valence-corrected chi connectivity index (χ0v) is 15.5. The van der Waals surface area contributed by atoms with E-state index in [0.717, 1.165) is 17.7 Å². The van der Waals surface area contributed by atoms with Gasteiger partial charge in [-0.2, -0.15) is 0 Å². The SMILES string of the molecule is CCOC(=O)c1cc(C(=O)NC(c2ccccc2)C(C)C)cc([N+](=O)[O-])c1. The quantitative estimate of drug-likeness (QED) is 0.453. The number of nitrogens with zero attached hydrogens (tertiary/aromatic N) is 1. The average Bonchev–Trinajstić information content (AvgIpc) is 2.66. The third kappa shape index (κ3) is 5.13. The van der Waals surface area contributed by atoms with Crippen molar-refractivity contribution in [3.8, 4) is 0 Å². The van der Waals surface area contributed by atoms with Crippen LogP contribution in [0, 0.1) is 16.0 Å². The third-order valence-corrected chi connectivity index (χ3v) is 4.01. The highest BCUT2D eigenvalue weighted by Gasteiger charge is 2.22. The molecule has 0 aromatic heterocycles. The molecule has 0 bridgehead atoms. The van der Waals surface area contributed by atoms with E-state index >= 15 is 0 Å². The molecule has 0 aliphatic heterocycles. The molecule has 0 aliphatic carbocycles. The van der Waals surface area contributed by atoms with Crippen molar-refractivity contribution in [2.75, 3.05) is 6.61 Å². The molecule has 7 nitrogen and oxygen atoms in total. The molecule has 0 saturated carbocycles. The lowest BCUT2D eigenvalue weighted by Crippen LogP contribution is -2.32. The van der Waals surface area contributed by atoms with E-state index < -0.39 is 16.8 Å². The minimum atomic E-state index is -0.710. The first-order valence-corrected chi connectivity index (χ1v) is 8.66. The van der Waals surface area contributed by atoms with Gasteiger partial charge in [-0.25, -0.2) is 4.79 Å². The van der Waals surface area contributed by atoms with Gasteiger partial charge in [0.2, 0.25) is 0 Å². The molecule has 27 heavy (non-hydrogen) atoms. The molecule has 2 rings (SSSR count). The van der Waals surface area contributed by atoms with Crippen molar-refractivity contribution in [3.63, 3.8) is 0 Å². The van der Waals surface area contributed by atoms with Gasteiger partial charge in [-0.05, 0) is 24.5 Å². The van der Waals surface area contributed by atoms with Crippen LogP contribution in [0.25, 0.3) is 0 Å². The number of carbonyl (C=O) groups excluding carboxylic acids is 2. The van der Waals surface area contributed by atoms with E-state index in [9.17, 15) is 19.7 Å². The molecule has 1 amide bonds. The second-order valence-corrected chi connectivity index (χ2v) is 6.35. The van der Waals surface area contributed by atoms with E-state index in [-0.39, 0.29) is 35.4 Å². The first-order chi connectivity index (χ1) is 12.8. The summed E-state index contributed by atoms with van der Waals surface area (Å²) >= 11 is 0. The number of nitrogens with one attached hydrogen (secondary N) is 1.